The van der Waals surface area contributed by atoms with Crippen molar-refractivity contribution in [1.82, 2.24) is 0 Å². The zero-order valence-corrected chi connectivity index (χ0v) is 17.4. The smallest absolute Gasteiger partial charge is 0.147 e. The fourth-order valence-electron chi connectivity index (χ4n) is 4.57. The molecule has 1 heterocycles. The van der Waals surface area contributed by atoms with Gasteiger partial charge in [-0.2, -0.15) is 0 Å². The number of hydrogen-bond acceptors (Lipinski definition) is 0. The molecule has 0 unspecified atom stereocenters. The Bertz CT molecular complexity index is 456. The van der Waals surface area contributed by atoms with Crippen LogP contribution in [0.1, 0.15) is 12.8 Å². The molecule has 0 spiro atoms. The van der Waals surface area contributed by atoms with E-state index < -0.39 is 26.0 Å². The summed E-state index contributed by atoms with van der Waals surface area (Å²) in [6, 6.07) is 0. The summed E-state index contributed by atoms with van der Waals surface area (Å²) in [4.78, 5) is 0. The van der Waals surface area contributed by atoms with Crippen LogP contribution in [-0.4, -0.2) is 10.9 Å². The average Bonchev–Trinajstić information content (AvgIpc) is 2.81. The van der Waals surface area contributed by atoms with E-state index in [9.17, 15) is 0 Å². The largest absolute Gasteiger partial charge is 0.147 e. The molecule has 5 heteroatoms. The van der Waals surface area contributed by atoms with Crippen LogP contribution in [0.25, 0.3) is 0 Å². The number of hydrogen-bond donors (Lipinski definition) is 0. The van der Waals surface area contributed by atoms with Crippen LogP contribution in [0.4, 0.5) is 0 Å². The summed E-state index contributed by atoms with van der Waals surface area (Å²) in [5.41, 5.74) is -1.78. The van der Waals surface area contributed by atoms with Crippen LogP contribution < -0.4 is 0 Å². The van der Waals surface area contributed by atoms with Crippen LogP contribution in [0, 0.1) is 0 Å². The molecule has 1 saturated heterocycles. The first-order valence-corrected chi connectivity index (χ1v) is 19.9. The van der Waals surface area contributed by atoms with Gasteiger partial charge in [0.25, 0.3) is 0 Å². The molecule has 0 saturated carbocycles. The number of rotatable bonds is 2. The number of allylic oxidation sites excluding steroid dienone is 8. The Hall–Kier alpha value is 0.688. The van der Waals surface area contributed by atoms with Crippen LogP contribution in [0.3, 0.4) is 0 Å². The summed E-state index contributed by atoms with van der Waals surface area (Å²) in [5.74, 6) is 0. The van der Waals surface area contributed by atoms with E-state index in [0.29, 0.717) is 0 Å². The Labute approximate surface area is 133 Å². The maximum Gasteiger partial charge on any atom is -0.147 e. The quantitative estimate of drug-likeness (QED) is 0.591. The summed E-state index contributed by atoms with van der Waals surface area (Å²) in [7, 11) is 0. The molecule has 0 radical (unpaired) electrons. The minimum absolute atomic E-state index is 0. The fraction of sp³-hybridized carbons (Fsp3) is 0.429. The van der Waals surface area contributed by atoms with Gasteiger partial charge in [0, 0.05) is 0 Å². The standard InChI is InChI=1S/2C5H5.C4H12Si2.2ClH.Ti/c2*1-2-4-5-3-1;1-5(2)6(3)4;;;/h2*1-3H,4H2;1-4H3;2*1H;. The molecule has 3 rings (SSSR count). The first-order chi connectivity index (χ1) is 7.96. The van der Waals surface area contributed by atoms with E-state index in [1.807, 2.05) is 7.76 Å². The molecule has 1 fully saturated rings. The second kappa shape index (κ2) is 5.47. The van der Waals surface area contributed by atoms with Crippen molar-refractivity contribution in [3.63, 3.8) is 0 Å². The van der Waals surface area contributed by atoms with Crippen LogP contribution in [0.2, 0.25) is 26.2 Å². The molecule has 106 valence electrons. The second-order valence-electron chi connectivity index (χ2n) is 6.65. The van der Waals surface area contributed by atoms with E-state index in [2.05, 4.69) is 62.6 Å². The predicted octanol–water partition coefficient (Wildman–Crippen LogP) is 5.17. The molecule has 0 atom stereocenters. The molecule has 3 aliphatic rings. The van der Waals surface area contributed by atoms with Crippen molar-refractivity contribution >= 4 is 35.7 Å². The monoisotopic (exact) mass is 366 g/mol. The Morgan fingerprint density at radius 3 is 1.37 bits per heavy atom. The molecular formula is C14H24Cl2Si2Ti. The second-order valence-corrected chi connectivity index (χ2v) is 49.6. The molecule has 1 aliphatic heterocycles. The first kappa shape index (κ1) is 17.7. The minimum Gasteiger partial charge on any atom is -0.147 e. The van der Waals surface area contributed by atoms with Gasteiger partial charge in [0.05, 0.1) is 0 Å². The van der Waals surface area contributed by atoms with Crippen molar-refractivity contribution in [2.24, 2.45) is 0 Å². The Morgan fingerprint density at radius 1 is 0.789 bits per heavy atom. The normalized spacial score (nSPS) is 27.2. The molecule has 0 aromatic heterocycles. The van der Waals surface area contributed by atoms with E-state index in [-0.39, 0.29) is 24.8 Å². The zero-order chi connectivity index (χ0) is 12.3. The summed E-state index contributed by atoms with van der Waals surface area (Å²) in [6.07, 6.45) is 17.0. The minimum atomic E-state index is -1.78. The summed E-state index contributed by atoms with van der Waals surface area (Å²) >= 11 is -1.78. The maximum atomic E-state index is 2.72. The van der Waals surface area contributed by atoms with Crippen molar-refractivity contribution in [2.75, 3.05) is 0 Å². The molecular weight excluding hydrogens is 343 g/mol. The van der Waals surface area contributed by atoms with Crippen LogP contribution >= 0.6 is 24.8 Å². The maximum absolute atomic E-state index is 2.72. The van der Waals surface area contributed by atoms with Gasteiger partial charge in [-0.25, -0.2) is 0 Å². The van der Waals surface area contributed by atoms with Gasteiger partial charge < -0.3 is 0 Å². The third-order valence-electron chi connectivity index (χ3n) is 5.88. The Morgan fingerprint density at radius 2 is 1.16 bits per heavy atom. The van der Waals surface area contributed by atoms with Crippen molar-refractivity contribution in [3.8, 4) is 0 Å². The molecule has 0 bridgehead atoms. The zero-order valence-electron chi connectivity index (χ0n) is 12.2. The topological polar surface area (TPSA) is 0 Å². The van der Waals surface area contributed by atoms with E-state index >= 15 is 0 Å². The van der Waals surface area contributed by atoms with E-state index in [0.717, 1.165) is 0 Å². The molecule has 0 aromatic carbocycles. The predicted molar refractivity (Wildman–Crippen MR) is 93.1 cm³/mol. The van der Waals surface area contributed by atoms with Gasteiger partial charge in [0.15, 0.2) is 0 Å². The number of halogens is 2. The van der Waals surface area contributed by atoms with Crippen molar-refractivity contribution in [3.05, 3.63) is 44.2 Å². The van der Waals surface area contributed by atoms with Crippen molar-refractivity contribution in [2.45, 2.75) is 39.0 Å². The van der Waals surface area contributed by atoms with Crippen LogP contribution in [0.5, 0.6) is 0 Å². The Balaban J connectivity index is 0.000000902. The van der Waals surface area contributed by atoms with Gasteiger partial charge in [0.1, 0.15) is 0 Å². The Kier molecular flexibility index (Phi) is 5.11. The molecule has 19 heavy (non-hydrogen) atoms. The average molecular weight is 367 g/mol. The van der Waals surface area contributed by atoms with Gasteiger partial charge >= 0.3 is 109 Å². The fourth-order valence-corrected chi connectivity index (χ4v) is 110. The molecule has 0 amide bonds. The molecule has 0 N–H and O–H groups in total. The van der Waals surface area contributed by atoms with Crippen molar-refractivity contribution in [1.29, 1.82) is 0 Å². The van der Waals surface area contributed by atoms with Gasteiger partial charge in [-0.05, 0) is 0 Å². The van der Waals surface area contributed by atoms with Crippen molar-refractivity contribution < 1.29 is 15.1 Å². The van der Waals surface area contributed by atoms with Gasteiger partial charge in [-0.15, -0.1) is 24.8 Å². The third kappa shape index (κ3) is 1.95. The first-order valence-electron chi connectivity index (χ1n) is 6.68. The summed E-state index contributed by atoms with van der Waals surface area (Å²) < 4.78 is 3.88. The van der Waals surface area contributed by atoms with E-state index in [1.54, 1.807) is 0 Å². The van der Waals surface area contributed by atoms with Crippen LogP contribution in [-0.2, 0) is 15.1 Å². The van der Waals surface area contributed by atoms with Gasteiger partial charge in [-0.1, -0.05) is 0 Å². The third-order valence-corrected chi connectivity index (χ3v) is 84.4. The van der Waals surface area contributed by atoms with Crippen LogP contribution in [0.15, 0.2) is 44.2 Å². The molecule has 0 aromatic rings. The van der Waals surface area contributed by atoms with Gasteiger partial charge in [-0.3, -0.25) is 0 Å². The molecule has 2 aliphatic carbocycles. The van der Waals surface area contributed by atoms with E-state index in [1.165, 1.54) is 12.8 Å². The summed E-state index contributed by atoms with van der Waals surface area (Å²) in [5, 5.41) is 0. The molecule has 0 nitrogen and oxygen atoms in total. The summed E-state index contributed by atoms with van der Waals surface area (Å²) in [6.45, 7) is 10.9. The van der Waals surface area contributed by atoms with Gasteiger partial charge in [0.2, 0.25) is 0 Å². The van der Waals surface area contributed by atoms with E-state index in [4.69, 9.17) is 0 Å². The SMILES string of the molecule is C[Si]1(C)[Si](C)(C)[Ti]1([C]1=CC=CC1)[C]1=CC=CC1.Cl.Cl.